The summed E-state index contributed by atoms with van der Waals surface area (Å²) in [6.07, 6.45) is 1.60. The average molecular weight is 437 g/mol. The largest absolute Gasteiger partial charge is 0.368 e. The van der Waals surface area contributed by atoms with Crippen molar-refractivity contribution in [3.63, 3.8) is 0 Å². The van der Waals surface area contributed by atoms with Gasteiger partial charge in [-0.2, -0.15) is 0 Å². The molecule has 0 unspecified atom stereocenters. The van der Waals surface area contributed by atoms with E-state index in [0.29, 0.717) is 0 Å². The summed E-state index contributed by atoms with van der Waals surface area (Å²) in [6, 6.07) is 16.9. The zero-order chi connectivity index (χ0) is 22.5. The highest BCUT2D eigenvalue weighted by Crippen LogP contribution is 2.23. The van der Waals surface area contributed by atoms with Crippen LogP contribution in [-0.4, -0.2) is 37.1 Å². The first kappa shape index (κ1) is 21.7. The number of hydrogen-bond donors (Lipinski definition) is 1. The molecular weight excluding hydrogens is 410 g/mol. The van der Waals surface area contributed by atoms with Crippen molar-refractivity contribution in [2.45, 2.75) is 19.4 Å². The maximum atomic E-state index is 13.8. The van der Waals surface area contributed by atoms with E-state index in [2.05, 4.69) is 32.2 Å². The number of nitrogens with zero attached hydrogens (tertiary/aromatic N) is 3. The molecule has 2 heterocycles. The zero-order valence-corrected chi connectivity index (χ0v) is 18.0. The van der Waals surface area contributed by atoms with Gasteiger partial charge in [-0.1, -0.05) is 18.2 Å². The van der Waals surface area contributed by atoms with Crippen LogP contribution in [0.15, 0.2) is 66.9 Å². The highest BCUT2D eigenvalue weighted by atomic mass is 19.1. The van der Waals surface area contributed by atoms with Crippen LogP contribution < -0.4 is 15.1 Å². The SMILES string of the molecule is C[C@H](NC(=O)Cc1cc(F)ccc1F)c1cccc(N2CCN(c3ccccn3)CC2)c1. The van der Waals surface area contributed by atoms with Crippen LogP contribution in [0, 0.1) is 11.6 Å². The Balaban J connectivity index is 1.36. The number of benzene rings is 2. The molecule has 1 aromatic heterocycles. The van der Waals surface area contributed by atoms with Gasteiger partial charge >= 0.3 is 0 Å². The first-order valence-electron chi connectivity index (χ1n) is 10.7. The van der Waals surface area contributed by atoms with Crippen molar-refractivity contribution < 1.29 is 13.6 Å². The highest BCUT2D eigenvalue weighted by Gasteiger charge is 2.19. The van der Waals surface area contributed by atoms with Crippen molar-refractivity contribution in [2.75, 3.05) is 36.0 Å². The molecule has 0 spiro atoms. The first-order valence-corrected chi connectivity index (χ1v) is 10.7. The third kappa shape index (κ3) is 5.22. The van der Waals surface area contributed by atoms with Gasteiger partial charge in [0.1, 0.15) is 17.5 Å². The lowest BCUT2D eigenvalue weighted by atomic mass is 10.1. The molecule has 4 rings (SSSR count). The minimum absolute atomic E-state index is 0.0502. The van der Waals surface area contributed by atoms with Crippen molar-refractivity contribution in [2.24, 2.45) is 0 Å². The molecule has 1 aliphatic heterocycles. The lowest BCUT2D eigenvalue weighted by Crippen LogP contribution is -2.46. The molecule has 2 aromatic carbocycles. The predicted octanol–water partition coefficient (Wildman–Crippen LogP) is 4.11. The second kappa shape index (κ2) is 9.77. The summed E-state index contributed by atoms with van der Waals surface area (Å²) in [7, 11) is 0. The van der Waals surface area contributed by atoms with Crippen LogP contribution in [0.25, 0.3) is 0 Å². The fourth-order valence-electron chi connectivity index (χ4n) is 3.95. The van der Waals surface area contributed by atoms with E-state index in [1.807, 2.05) is 43.5 Å². The van der Waals surface area contributed by atoms with Gasteiger partial charge in [-0.3, -0.25) is 4.79 Å². The van der Waals surface area contributed by atoms with Gasteiger partial charge in [0.15, 0.2) is 0 Å². The fraction of sp³-hybridized carbons (Fsp3) is 0.280. The smallest absolute Gasteiger partial charge is 0.225 e. The summed E-state index contributed by atoms with van der Waals surface area (Å²) in [6.45, 7) is 5.40. The number of carbonyl (C=O) groups excluding carboxylic acids is 1. The van der Waals surface area contributed by atoms with Crippen molar-refractivity contribution in [1.82, 2.24) is 10.3 Å². The summed E-state index contributed by atoms with van der Waals surface area (Å²) in [5.74, 6) is -0.498. The van der Waals surface area contributed by atoms with E-state index in [4.69, 9.17) is 0 Å². The van der Waals surface area contributed by atoms with E-state index in [-0.39, 0.29) is 23.9 Å². The zero-order valence-electron chi connectivity index (χ0n) is 18.0. The predicted molar refractivity (Wildman–Crippen MR) is 122 cm³/mol. The summed E-state index contributed by atoms with van der Waals surface area (Å²) in [4.78, 5) is 21.4. The maximum Gasteiger partial charge on any atom is 0.225 e. The molecule has 1 aliphatic rings. The van der Waals surface area contributed by atoms with E-state index < -0.39 is 11.6 Å². The highest BCUT2D eigenvalue weighted by molar-refractivity contribution is 5.79. The van der Waals surface area contributed by atoms with Crippen LogP contribution >= 0.6 is 0 Å². The second-order valence-electron chi connectivity index (χ2n) is 7.96. The van der Waals surface area contributed by atoms with Gasteiger partial charge in [-0.05, 0) is 55.0 Å². The standard InChI is InChI=1S/C25H26F2N4O/c1-18(29-25(32)17-20-15-21(26)8-9-23(20)27)19-5-4-6-22(16-19)30-11-13-31(14-12-30)24-7-2-3-10-28-24/h2-10,15-16,18H,11-14,17H2,1H3,(H,29,32)/t18-/m0/s1. The lowest BCUT2D eigenvalue weighted by molar-refractivity contribution is -0.121. The van der Waals surface area contributed by atoms with Crippen molar-refractivity contribution in [3.05, 3.63) is 89.6 Å². The lowest BCUT2D eigenvalue weighted by Gasteiger charge is -2.37. The minimum Gasteiger partial charge on any atom is -0.368 e. The Hall–Kier alpha value is -3.48. The molecule has 1 atom stereocenters. The summed E-state index contributed by atoms with van der Waals surface area (Å²) in [5.41, 5.74) is 2.11. The molecule has 0 bridgehead atoms. The van der Waals surface area contributed by atoms with E-state index >= 15 is 0 Å². The molecule has 166 valence electrons. The molecule has 1 amide bonds. The number of anilines is 2. The number of pyridine rings is 1. The van der Waals surface area contributed by atoms with Crippen molar-refractivity contribution >= 4 is 17.4 Å². The molecule has 3 aromatic rings. The van der Waals surface area contributed by atoms with Crippen LogP contribution in [0.3, 0.4) is 0 Å². The molecule has 1 saturated heterocycles. The van der Waals surface area contributed by atoms with Crippen LogP contribution in [0.2, 0.25) is 0 Å². The molecule has 5 nitrogen and oxygen atoms in total. The average Bonchev–Trinajstić information content (AvgIpc) is 2.82. The van der Waals surface area contributed by atoms with E-state index in [9.17, 15) is 13.6 Å². The number of hydrogen-bond acceptors (Lipinski definition) is 4. The normalized spacial score (nSPS) is 14.8. The Morgan fingerprint density at radius 1 is 1.00 bits per heavy atom. The molecule has 0 aliphatic carbocycles. The van der Waals surface area contributed by atoms with Gasteiger partial charge in [-0.15, -0.1) is 0 Å². The fourth-order valence-corrected chi connectivity index (χ4v) is 3.95. The molecule has 1 N–H and O–H groups in total. The molecule has 1 fully saturated rings. The summed E-state index contributed by atoms with van der Waals surface area (Å²) in [5, 5.41) is 2.89. The molecule has 0 saturated carbocycles. The topological polar surface area (TPSA) is 48.5 Å². The van der Waals surface area contributed by atoms with Crippen LogP contribution in [0.4, 0.5) is 20.3 Å². The molecule has 7 heteroatoms. The Labute approximate surface area is 186 Å². The van der Waals surface area contributed by atoms with Crippen molar-refractivity contribution in [3.8, 4) is 0 Å². The van der Waals surface area contributed by atoms with E-state index in [0.717, 1.165) is 61.4 Å². The van der Waals surface area contributed by atoms with Crippen LogP contribution in [0.5, 0.6) is 0 Å². The number of rotatable bonds is 6. The molecule has 0 radical (unpaired) electrons. The Kier molecular flexibility index (Phi) is 6.63. The van der Waals surface area contributed by atoms with Gasteiger partial charge in [0.2, 0.25) is 5.91 Å². The van der Waals surface area contributed by atoms with Crippen LogP contribution in [-0.2, 0) is 11.2 Å². The Bertz CT molecular complexity index is 1070. The number of carbonyl (C=O) groups is 1. The molecule has 32 heavy (non-hydrogen) atoms. The Morgan fingerprint density at radius 3 is 2.53 bits per heavy atom. The maximum absolute atomic E-state index is 13.8. The number of nitrogens with one attached hydrogen (secondary N) is 1. The van der Waals surface area contributed by atoms with Gasteiger partial charge in [-0.25, -0.2) is 13.8 Å². The summed E-state index contributed by atoms with van der Waals surface area (Å²) < 4.78 is 27.2. The monoisotopic (exact) mass is 436 g/mol. The van der Waals surface area contributed by atoms with Gasteiger partial charge in [0.05, 0.1) is 12.5 Å². The number of aromatic nitrogens is 1. The quantitative estimate of drug-likeness (QED) is 0.632. The second-order valence-corrected chi connectivity index (χ2v) is 7.96. The van der Waals surface area contributed by atoms with Gasteiger partial charge in [0.25, 0.3) is 0 Å². The Morgan fingerprint density at radius 2 is 1.78 bits per heavy atom. The van der Waals surface area contributed by atoms with Gasteiger partial charge in [0, 0.05) is 43.6 Å². The number of halogens is 2. The minimum atomic E-state index is -0.582. The van der Waals surface area contributed by atoms with E-state index in [1.54, 1.807) is 0 Å². The first-order chi connectivity index (χ1) is 15.5. The third-order valence-electron chi connectivity index (χ3n) is 5.72. The van der Waals surface area contributed by atoms with Crippen molar-refractivity contribution in [1.29, 1.82) is 0 Å². The van der Waals surface area contributed by atoms with E-state index in [1.165, 1.54) is 0 Å². The molecular formula is C25H26F2N4O. The number of piperazine rings is 1. The summed E-state index contributed by atoms with van der Waals surface area (Å²) >= 11 is 0. The van der Waals surface area contributed by atoms with Gasteiger partial charge < -0.3 is 15.1 Å². The number of amides is 1. The van der Waals surface area contributed by atoms with Crippen LogP contribution in [0.1, 0.15) is 24.1 Å². The third-order valence-corrected chi connectivity index (χ3v) is 5.72.